The normalized spacial score (nSPS) is 18.0. The van der Waals surface area contributed by atoms with Crippen molar-refractivity contribution in [3.05, 3.63) is 29.8 Å². The van der Waals surface area contributed by atoms with Gasteiger partial charge in [0, 0.05) is 19.1 Å². The predicted molar refractivity (Wildman–Crippen MR) is 99.6 cm³/mol. The summed E-state index contributed by atoms with van der Waals surface area (Å²) in [6.07, 6.45) is 1.20. The molecule has 1 aromatic carbocycles. The average molecular weight is 384 g/mol. The van der Waals surface area contributed by atoms with E-state index in [-0.39, 0.29) is 18.3 Å². The lowest BCUT2D eigenvalue weighted by Crippen LogP contribution is -2.45. The molecule has 0 spiro atoms. The van der Waals surface area contributed by atoms with E-state index in [1.54, 1.807) is 36.3 Å². The van der Waals surface area contributed by atoms with Gasteiger partial charge in [0.25, 0.3) is 0 Å². The first-order chi connectivity index (χ1) is 12.1. The zero-order chi connectivity index (χ0) is 19.4. The molecule has 1 aromatic rings. The van der Waals surface area contributed by atoms with Gasteiger partial charge in [0.1, 0.15) is 11.4 Å². The van der Waals surface area contributed by atoms with E-state index in [9.17, 15) is 13.2 Å². The van der Waals surface area contributed by atoms with Crippen molar-refractivity contribution in [1.82, 2.24) is 9.62 Å². The molecule has 1 aliphatic heterocycles. The molecule has 1 N–H and O–H groups in total. The molecule has 1 saturated heterocycles. The van der Waals surface area contributed by atoms with Crippen molar-refractivity contribution < 1.29 is 22.7 Å². The lowest BCUT2D eigenvalue weighted by atomic mass is 10.2. The van der Waals surface area contributed by atoms with Gasteiger partial charge >= 0.3 is 6.09 Å². The number of rotatable bonds is 6. The Morgan fingerprint density at radius 2 is 1.92 bits per heavy atom. The predicted octanol–water partition coefficient (Wildman–Crippen LogP) is 2.51. The number of hydrogen-bond acceptors (Lipinski definition) is 5. The minimum absolute atomic E-state index is 0.115. The van der Waals surface area contributed by atoms with Gasteiger partial charge in [0.05, 0.1) is 12.9 Å². The van der Waals surface area contributed by atoms with Gasteiger partial charge in [-0.15, -0.1) is 0 Å². The first kappa shape index (κ1) is 20.5. The Morgan fingerprint density at radius 3 is 2.50 bits per heavy atom. The third kappa shape index (κ3) is 6.17. The lowest BCUT2D eigenvalue weighted by molar-refractivity contribution is 0.0229. The Hall–Kier alpha value is -1.80. The molecule has 0 saturated carbocycles. The number of nitrogens with zero attached hydrogens (tertiary/aromatic N) is 1. The number of methoxy groups -OCH3 is 1. The van der Waals surface area contributed by atoms with Gasteiger partial charge < -0.3 is 14.4 Å². The number of hydrogen-bond donors (Lipinski definition) is 1. The standard InChI is InChI=1S/C18H28N2O5S/c1-18(2,3)25-17(21)20-11-5-6-15(20)12-19-26(22,23)13-14-7-9-16(24-4)10-8-14/h7-10,15,19H,5-6,11-13H2,1-4H3. The number of carbonyl (C=O) groups is 1. The maximum Gasteiger partial charge on any atom is 0.410 e. The molecule has 0 aliphatic carbocycles. The van der Waals surface area contributed by atoms with Crippen LogP contribution >= 0.6 is 0 Å². The second-order valence-electron chi connectivity index (χ2n) is 7.43. The van der Waals surface area contributed by atoms with Crippen LogP contribution in [0.1, 0.15) is 39.2 Å². The summed E-state index contributed by atoms with van der Waals surface area (Å²) in [4.78, 5) is 13.9. The van der Waals surface area contributed by atoms with E-state index in [1.165, 1.54) is 0 Å². The minimum atomic E-state index is -3.50. The van der Waals surface area contributed by atoms with Crippen LogP contribution in [0.5, 0.6) is 5.75 Å². The van der Waals surface area contributed by atoms with E-state index in [2.05, 4.69) is 4.72 Å². The number of nitrogens with one attached hydrogen (secondary N) is 1. The van der Waals surface area contributed by atoms with Crippen molar-refractivity contribution in [2.24, 2.45) is 0 Å². The largest absolute Gasteiger partial charge is 0.497 e. The van der Waals surface area contributed by atoms with Crippen LogP contribution in [0.3, 0.4) is 0 Å². The van der Waals surface area contributed by atoms with E-state index in [0.717, 1.165) is 12.8 Å². The highest BCUT2D eigenvalue weighted by Gasteiger charge is 2.32. The summed E-state index contributed by atoms with van der Waals surface area (Å²) in [6, 6.07) is 6.72. The molecule has 1 fully saturated rings. The van der Waals surface area contributed by atoms with Crippen LogP contribution in [-0.2, 0) is 20.5 Å². The minimum Gasteiger partial charge on any atom is -0.497 e. The molecule has 26 heavy (non-hydrogen) atoms. The number of sulfonamides is 1. The maximum atomic E-state index is 12.3. The molecule has 1 aliphatic rings. The Morgan fingerprint density at radius 1 is 1.27 bits per heavy atom. The first-order valence-corrected chi connectivity index (χ1v) is 10.3. The second-order valence-corrected chi connectivity index (χ2v) is 9.23. The van der Waals surface area contributed by atoms with E-state index >= 15 is 0 Å². The van der Waals surface area contributed by atoms with Crippen LogP contribution in [0.2, 0.25) is 0 Å². The van der Waals surface area contributed by atoms with E-state index in [0.29, 0.717) is 17.9 Å². The smallest absolute Gasteiger partial charge is 0.410 e. The molecule has 1 unspecified atom stereocenters. The maximum absolute atomic E-state index is 12.3. The van der Waals surface area contributed by atoms with Crippen molar-refractivity contribution in [2.45, 2.75) is 51.0 Å². The summed E-state index contributed by atoms with van der Waals surface area (Å²) in [6.45, 7) is 6.21. The first-order valence-electron chi connectivity index (χ1n) is 8.69. The topological polar surface area (TPSA) is 84.9 Å². The van der Waals surface area contributed by atoms with Crippen molar-refractivity contribution in [3.63, 3.8) is 0 Å². The van der Waals surface area contributed by atoms with E-state index < -0.39 is 21.7 Å². The summed E-state index contributed by atoms with van der Waals surface area (Å²) in [5, 5.41) is 0. The van der Waals surface area contributed by atoms with Gasteiger partial charge in [-0.25, -0.2) is 17.9 Å². The Labute approximate surface area is 155 Å². The number of benzene rings is 1. The van der Waals surface area contributed by atoms with E-state index in [4.69, 9.17) is 9.47 Å². The highest BCUT2D eigenvalue weighted by molar-refractivity contribution is 7.88. The zero-order valence-electron chi connectivity index (χ0n) is 15.8. The third-order valence-electron chi connectivity index (χ3n) is 4.06. The van der Waals surface area contributed by atoms with Crippen molar-refractivity contribution in [3.8, 4) is 5.75 Å². The van der Waals surface area contributed by atoms with Gasteiger partial charge in [-0.1, -0.05) is 12.1 Å². The highest BCUT2D eigenvalue weighted by Crippen LogP contribution is 2.21. The number of amides is 1. The zero-order valence-corrected chi connectivity index (χ0v) is 16.6. The quantitative estimate of drug-likeness (QED) is 0.815. The summed E-state index contributed by atoms with van der Waals surface area (Å²) >= 11 is 0. The van der Waals surface area contributed by atoms with Gasteiger partial charge in [-0.05, 0) is 51.3 Å². The fourth-order valence-corrected chi connectivity index (χ4v) is 4.00. The fourth-order valence-electron chi connectivity index (χ4n) is 2.82. The van der Waals surface area contributed by atoms with Gasteiger partial charge in [0.2, 0.25) is 10.0 Å². The summed E-state index contributed by atoms with van der Waals surface area (Å²) in [5.74, 6) is 0.564. The molecule has 0 aromatic heterocycles. The molecule has 1 amide bonds. The summed E-state index contributed by atoms with van der Waals surface area (Å²) in [5.41, 5.74) is 0.103. The highest BCUT2D eigenvalue weighted by atomic mass is 32.2. The molecule has 2 rings (SSSR count). The SMILES string of the molecule is COc1ccc(CS(=O)(=O)NCC2CCCN2C(=O)OC(C)(C)C)cc1. The fraction of sp³-hybridized carbons (Fsp3) is 0.611. The molecule has 0 bridgehead atoms. The molecule has 0 radical (unpaired) electrons. The van der Waals surface area contributed by atoms with Crippen LogP contribution < -0.4 is 9.46 Å². The van der Waals surface area contributed by atoms with Crippen molar-refractivity contribution >= 4 is 16.1 Å². The third-order valence-corrected chi connectivity index (χ3v) is 5.38. The molecule has 7 nitrogen and oxygen atoms in total. The van der Waals surface area contributed by atoms with Gasteiger partial charge in [-0.2, -0.15) is 0 Å². The molecule has 146 valence electrons. The van der Waals surface area contributed by atoms with Crippen LogP contribution in [0.25, 0.3) is 0 Å². The molecule has 1 atom stereocenters. The van der Waals surface area contributed by atoms with Crippen LogP contribution in [-0.4, -0.2) is 51.3 Å². The van der Waals surface area contributed by atoms with Crippen molar-refractivity contribution in [2.75, 3.05) is 20.2 Å². The van der Waals surface area contributed by atoms with Gasteiger partial charge in [-0.3, -0.25) is 0 Å². The number of carbonyl (C=O) groups excluding carboxylic acids is 1. The Kier molecular flexibility index (Phi) is 6.52. The number of likely N-dealkylation sites (tertiary alicyclic amines) is 1. The molecule has 1 heterocycles. The molecular weight excluding hydrogens is 356 g/mol. The van der Waals surface area contributed by atoms with Crippen LogP contribution in [0.15, 0.2) is 24.3 Å². The van der Waals surface area contributed by atoms with Crippen LogP contribution in [0, 0.1) is 0 Å². The summed E-state index contributed by atoms with van der Waals surface area (Å²) in [7, 11) is -1.93. The number of ether oxygens (including phenoxy) is 2. The monoisotopic (exact) mass is 384 g/mol. The van der Waals surface area contributed by atoms with Gasteiger partial charge in [0.15, 0.2) is 0 Å². The van der Waals surface area contributed by atoms with Crippen LogP contribution in [0.4, 0.5) is 4.79 Å². The second kappa shape index (κ2) is 8.26. The molecular formula is C18H28N2O5S. The van der Waals surface area contributed by atoms with E-state index in [1.807, 2.05) is 20.8 Å². The summed E-state index contributed by atoms with van der Waals surface area (Å²) < 4.78 is 37.8. The Bertz CT molecular complexity index is 710. The lowest BCUT2D eigenvalue weighted by Gasteiger charge is -2.28. The Balaban J connectivity index is 1.91. The molecule has 8 heteroatoms. The van der Waals surface area contributed by atoms with Crippen molar-refractivity contribution in [1.29, 1.82) is 0 Å². The average Bonchev–Trinajstić information content (AvgIpc) is 3.00.